The van der Waals surface area contributed by atoms with Crippen LogP contribution in [0.2, 0.25) is 0 Å². The van der Waals surface area contributed by atoms with Gasteiger partial charge in [0, 0.05) is 25.6 Å². The predicted molar refractivity (Wildman–Crippen MR) is 99.1 cm³/mol. The van der Waals surface area contributed by atoms with Gasteiger partial charge in [0.1, 0.15) is 11.2 Å². The van der Waals surface area contributed by atoms with E-state index in [1.165, 1.54) is 23.2 Å². The molecule has 152 valence electrons. The molecule has 3 heterocycles. The Morgan fingerprint density at radius 1 is 1.32 bits per heavy atom. The molecule has 1 atom stereocenters. The molecule has 2 amide bonds. The summed E-state index contributed by atoms with van der Waals surface area (Å²) < 4.78 is 11.1. The first kappa shape index (κ1) is 19.8. The monoisotopic (exact) mass is 392 g/mol. The molecule has 0 N–H and O–H groups in total. The average Bonchev–Trinajstić information content (AvgIpc) is 2.79. The van der Waals surface area contributed by atoms with E-state index in [1.807, 2.05) is 20.8 Å². The number of aromatic nitrogens is 1. The van der Waals surface area contributed by atoms with Crippen LogP contribution in [0.25, 0.3) is 0 Å². The second-order valence-electron chi connectivity index (χ2n) is 8.09. The molecular weight excluding hydrogens is 368 g/mol. The molecule has 10 heteroatoms. The molecule has 1 aromatic heterocycles. The lowest BCUT2D eigenvalue weighted by Gasteiger charge is -2.27. The molecule has 0 saturated carbocycles. The molecule has 2 saturated heterocycles. The Kier molecular flexibility index (Phi) is 5.14. The van der Waals surface area contributed by atoms with Crippen LogP contribution in [-0.2, 0) is 9.47 Å². The second-order valence-corrected chi connectivity index (χ2v) is 8.09. The molecule has 2 fully saturated rings. The highest BCUT2D eigenvalue weighted by atomic mass is 16.6. The number of carbonyl (C=O) groups excluding carboxylic acids is 2. The molecule has 0 aromatic carbocycles. The Hall–Kier alpha value is -2.91. The first-order valence-corrected chi connectivity index (χ1v) is 9.17. The van der Waals surface area contributed by atoms with E-state index in [4.69, 9.17) is 9.47 Å². The van der Waals surface area contributed by atoms with Crippen molar-refractivity contribution in [1.82, 2.24) is 9.88 Å². The van der Waals surface area contributed by atoms with E-state index in [9.17, 15) is 19.7 Å². The van der Waals surface area contributed by atoms with Gasteiger partial charge in [0.2, 0.25) is 0 Å². The van der Waals surface area contributed by atoms with Crippen LogP contribution < -0.4 is 4.90 Å². The standard InChI is InChI=1S/C18H24N4O6/c1-17(2,3)27-15(23)20-9-4-7-18(8-10-20)12-21(16(24)28-18)13-5-6-14(19-11-13)22(25)26/h5-6,11H,4,7-10,12H2,1-3H3. The minimum absolute atomic E-state index is 0.284. The number of rotatable bonds is 2. The lowest BCUT2D eigenvalue weighted by molar-refractivity contribution is -0.389. The van der Waals surface area contributed by atoms with E-state index in [1.54, 1.807) is 4.90 Å². The number of pyridine rings is 1. The van der Waals surface area contributed by atoms with Gasteiger partial charge in [-0.05, 0) is 49.6 Å². The number of nitrogens with zero attached hydrogens (tertiary/aromatic N) is 4. The van der Waals surface area contributed by atoms with Crippen LogP contribution in [0, 0.1) is 10.1 Å². The molecule has 2 aliphatic heterocycles. The Balaban J connectivity index is 1.68. The van der Waals surface area contributed by atoms with Gasteiger partial charge in [-0.1, -0.05) is 0 Å². The van der Waals surface area contributed by atoms with Gasteiger partial charge < -0.3 is 24.5 Å². The van der Waals surface area contributed by atoms with Crippen molar-refractivity contribution in [2.75, 3.05) is 24.5 Å². The van der Waals surface area contributed by atoms with Crippen molar-refractivity contribution in [3.8, 4) is 0 Å². The topological polar surface area (TPSA) is 115 Å². The largest absolute Gasteiger partial charge is 0.444 e. The zero-order chi connectivity index (χ0) is 20.5. The third kappa shape index (κ3) is 4.32. The molecule has 10 nitrogen and oxygen atoms in total. The summed E-state index contributed by atoms with van der Waals surface area (Å²) in [4.78, 5) is 41.7. The molecule has 1 aromatic rings. The first-order valence-electron chi connectivity index (χ1n) is 9.17. The van der Waals surface area contributed by atoms with Crippen molar-refractivity contribution in [3.63, 3.8) is 0 Å². The second kappa shape index (κ2) is 7.25. The highest BCUT2D eigenvalue weighted by molar-refractivity contribution is 5.90. The molecule has 0 bridgehead atoms. The summed E-state index contributed by atoms with van der Waals surface area (Å²) in [6.07, 6.45) is 2.21. The zero-order valence-electron chi connectivity index (χ0n) is 16.2. The van der Waals surface area contributed by atoms with Gasteiger partial charge in [0.05, 0.1) is 12.2 Å². The van der Waals surface area contributed by atoms with Crippen molar-refractivity contribution in [1.29, 1.82) is 0 Å². The number of anilines is 1. The molecule has 0 aliphatic carbocycles. The maximum Gasteiger partial charge on any atom is 0.415 e. The molecular formula is C18H24N4O6. The van der Waals surface area contributed by atoms with E-state index in [-0.39, 0.29) is 11.9 Å². The van der Waals surface area contributed by atoms with Gasteiger partial charge in [-0.15, -0.1) is 0 Å². The Morgan fingerprint density at radius 2 is 2.07 bits per heavy atom. The maximum atomic E-state index is 12.4. The highest BCUT2D eigenvalue weighted by Crippen LogP contribution is 2.36. The first-order chi connectivity index (χ1) is 13.1. The molecule has 2 aliphatic rings. The van der Waals surface area contributed by atoms with Crippen LogP contribution in [0.3, 0.4) is 0 Å². The van der Waals surface area contributed by atoms with Gasteiger partial charge in [0.25, 0.3) is 0 Å². The van der Waals surface area contributed by atoms with Crippen molar-refractivity contribution in [2.45, 2.75) is 51.2 Å². The quantitative estimate of drug-likeness (QED) is 0.561. The van der Waals surface area contributed by atoms with Crippen molar-refractivity contribution >= 4 is 23.7 Å². The highest BCUT2D eigenvalue weighted by Gasteiger charge is 2.47. The fourth-order valence-corrected chi connectivity index (χ4v) is 3.40. The number of hydrogen-bond acceptors (Lipinski definition) is 7. The van der Waals surface area contributed by atoms with Gasteiger partial charge in [-0.3, -0.25) is 4.90 Å². The SMILES string of the molecule is CC(C)(C)OC(=O)N1CCCC2(CC1)CN(c1ccc([N+](=O)[O-])nc1)C(=O)O2. The summed E-state index contributed by atoms with van der Waals surface area (Å²) in [6, 6.07) is 2.74. The van der Waals surface area contributed by atoms with Crippen LogP contribution in [0.4, 0.5) is 21.1 Å². The Labute approximate surface area is 162 Å². The van der Waals surface area contributed by atoms with Gasteiger partial charge in [0.15, 0.2) is 6.20 Å². The third-order valence-corrected chi connectivity index (χ3v) is 4.75. The minimum Gasteiger partial charge on any atom is -0.444 e. The summed E-state index contributed by atoms with van der Waals surface area (Å²) >= 11 is 0. The number of hydrogen-bond donors (Lipinski definition) is 0. The zero-order valence-corrected chi connectivity index (χ0v) is 16.2. The summed E-state index contributed by atoms with van der Waals surface area (Å²) in [5.41, 5.74) is -0.823. The summed E-state index contributed by atoms with van der Waals surface area (Å²) in [5.74, 6) is -0.284. The number of nitro groups is 1. The Bertz CT molecular complexity index is 775. The van der Waals surface area contributed by atoms with E-state index < -0.39 is 22.2 Å². The molecule has 1 unspecified atom stereocenters. The molecule has 28 heavy (non-hydrogen) atoms. The van der Waals surface area contributed by atoms with Crippen LogP contribution in [-0.4, -0.2) is 57.8 Å². The Morgan fingerprint density at radius 3 is 2.68 bits per heavy atom. The molecule has 0 radical (unpaired) electrons. The van der Waals surface area contributed by atoms with Gasteiger partial charge >= 0.3 is 18.0 Å². The molecule has 3 rings (SSSR count). The van der Waals surface area contributed by atoms with E-state index in [0.717, 1.165) is 0 Å². The van der Waals surface area contributed by atoms with E-state index in [2.05, 4.69) is 4.98 Å². The number of carbonyl (C=O) groups is 2. The lowest BCUT2D eigenvalue weighted by Crippen LogP contribution is -2.39. The molecule has 1 spiro atoms. The number of likely N-dealkylation sites (tertiary alicyclic amines) is 1. The normalized spacial score (nSPS) is 22.8. The number of ether oxygens (including phenoxy) is 2. The smallest absolute Gasteiger partial charge is 0.415 e. The average molecular weight is 392 g/mol. The van der Waals surface area contributed by atoms with Gasteiger partial charge in [-0.25, -0.2) is 9.59 Å². The summed E-state index contributed by atoms with van der Waals surface area (Å²) in [7, 11) is 0. The minimum atomic E-state index is -0.699. The van der Waals surface area contributed by atoms with E-state index in [0.29, 0.717) is 44.6 Å². The van der Waals surface area contributed by atoms with Crippen molar-refractivity contribution < 1.29 is 24.0 Å². The van der Waals surface area contributed by atoms with Gasteiger partial charge in [-0.2, -0.15) is 0 Å². The van der Waals surface area contributed by atoms with Crippen LogP contribution in [0.5, 0.6) is 0 Å². The van der Waals surface area contributed by atoms with Crippen LogP contribution in [0.1, 0.15) is 40.0 Å². The maximum absolute atomic E-state index is 12.4. The summed E-state index contributed by atoms with van der Waals surface area (Å²) in [5, 5.41) is 10.7. The van der Waals surface area contributed by atoms with Crippen LogP contribution >= 0.6 is 0 Å². The van der Waals surface area contributed by atoms with Crippen molar-refractivity contribution in [2.24, 2.45) is 0 Å². The summed E-state index contributed by atoms with van der Waals surface area (Å²) in [6.45, 7) is 6.73. The van der Waals surface area contributed by atoms with E-state index >= 15 is 0 Å². The third-order valence-electron chi connectivity index (χ3n) is 4.75. The predicted octanol–water partition coefficient (Wildman–Crippen LogP) is 3.11. The van der Waals surface area contributed by atoms with Crippen molar-refractivity contribution in [3.05, 3.63) is 28.4 Å². The lowest BCUT2D eigenvalue weighted by atomic mass is 9.95. The van der Waals surface area contributed by atoms with Crippen LogP contribution in [0.15, 0.2) is 18.3 Å². The fraction of sp³-hybridized carbons (Fsp3) is 0.611. The number of amides is 2. The fourth-order valence-electron chi connectivity index (χ4n) is 3.40.